The van der Waals surface area contributed by atoms with Crippen LogP contribution in [0.25, 0.3) is 0 Å². The Labute approximate surface area is 95.9 Å². The molecule has 0 spiro atoms. The van der Waals surface area contributed by atoms with Gasteiger partial charge in [-0.3, -0.25) is 9.79 Å². The number of nitrogens with zero attached hydrogens (tertiary/aromatic N) is 2. The highest BCUT2D eigenvalue weighted by atomic mass is 19.1. The Hall–Kier alpha value is -0.970. The van der Waals surface area contributed by atoms with Crippen LogP contribution in [-0.4, -0.2) is 56.4 Å². The van der Waals surface area contributed by atoms with Gasteiger partial charge < -0.3 is 10.2 Å². The van der Waals surface area contributed by atoms with E-state index in [4.69, 9.17) is 0 Å². The summed E-state index contributed by atoms with van der Waals surface area (Å²) < 4.78 is 13.9. The molecule has 0 unspecified atom stereocenters. The van der Waals surface area contributed by atoms with Crippen LogP contribution in [0.5, 0.6) is 0 Å². The normalized spacial score (nSPS) is 17.6. The lowest BCUT2D eigenvalue weighted by atomic mass is 9.81. The molecule has 0 aromatic carbocycles. The SMILES string of the molecule is C=NCCN(CCNC)C(=O)C1(F)CCC1. The number of hydrogen-bond acceptors (Lipinski definition) is 3. The van der Waals surface area contributed by atoms with E-state index in [0.29, 0.717) is 39.0 Å². The van der Waals surface area contributed by atoms with E-state index >= 15 is 0 Å². The highest BCUT2D eigenvalue weighted by Gasteiger charge is 2.46. The van der Waals surface area contributed by atoms with Crippen molar-refractivity contribution in [2.24, 2.45) is 4.99 Å². The maximum absolute atomic E-state index is 13.9. The van der Waals surface area contributed by atoms with Crippen molar-refractivity contribution in [3.05, 3.63) is 0 Å². The van der Waals surface area contributed by atoms with Gasteiger partial charge in [0, 0.05) is 19.6 Å². The fourth-order valence-electron chi connectivity index (χ4n) is 1.74. The predicted molar refractivity (Wildman–Crippen MR) is 62.6 cm³/mol. The maximum atomic E-state index is 13.9. The summed E-state index contributed by atoms with van der Waals surface area (Å²) in [6.45, 7) is 5.48. The standard InChI is InChI=1S/C11H20FN3O/c1-13-6-8-15(9-7-14-2)10(16)11(12)4-3-5-11/h14H,1,3-9H2,2H3. The van der Waals surface area contributed by atoms with Crippen LogP contribution in [0.4, 0.5) is 4.39 Å². The van der Waals surface area contributed by atoms with Crippen LogP contribution < -0.4 is 5.32 Å². The summed E-state index contributed by atoms with van der Waals surface area (Å²) in [5, 5.41) is 2.95. The summed E-state index contributed by atoms with van der Waals surface area (Å²) in [7, 11) is 1.81. The average Bonchev–Trinajstić information content (AvgIpc) is 2.25. The molecule has 1 fully saturated rings. The quantitative estimate of drug-likeness (QED) is 0.651. The lowest BCUT2D eigenvalue weighted by Crippen LogP contribution is -2.52. The van der Waals surface area contributed by atoms with Crippen LogP contribution in [0.3, 0.4) is 0 Å². The second-order valence-corrected chi connectivity index (χ2v) is 4.16. The third kappa shape index (κ3) is 3.01. The zero-order valence-corrected chi connectivity index (χ0v) is 9.84. The van der Waals surface area contributed by atoms with E-state index in [1.165, 1.54) is 0 Å². The number of carbonyl (C=O) groups excluding carboxylic acids is 1. The van der Waals surface area contributed by atoms with Gasteiger partial charge in [-0.1, -0.05) is 0 Å². The van der Waals surface area contributed by atoms with Crippen molar-refractivity contribution in [1.29, 1.82) is 0 Å². The minimum Gasteiger partial charge on any atom is -0.337 e. The van der Waals surface area contributed by atoms with Gasteiger partial charge in [-0.05, 0) is 33.0 Å². The van der Waals surface area contributed by atoms with Crippen LogP contribution >= 0.6 is 0 Å². The summed E-state index contributed by atoms with van der Waals surface area (Å²) in [4.78, 5) is 17.2. The number of nitrogens with one attached hydrogen (secondary N) is 1. The van der Waals surface area contributed by atoms with Crippen LogP contribution in [0.1, 0.15) is 19.3 Å². The lowest BCUT2D eigenvalue weighted by Gasteiger charge is -2.37. The van der Waals surface area contributed by atoms with E-state index in [2.05, 4.69) is 17.0 Å². The van der Waals surface area contributed by atoms with Crippen molar-refractivity contribution in [1.82, 2.24) is 10.2 Å². The maximum Gasteiger partial charge on any atom is 0.260 e. The van der Waals surface area contributed by atoms with Crippen LogP contribution in [0, 0.1) is 0 Å². The monoisotopic (exact) mass is 229 g/mol. The van der Waals surface area contributed by atoms with Crippen LogP contribution in [0.15, 0.2) is 4.99 Å². The molecule has 0 bridgehead atoms. The smallest absolute Gasteiger partial charge is 0.260 e. The molecule has 4 nitrogen and oxygen atoms in total. The van der Waals surface area contributed by atoms with Crippen molar-refractivity contribution >= 4 is 12.6 Å². The molecule has 1 saturated carbocycles. The van der Waals surface area contributed by atoms with Gasteiger partial charge in [0.15, 0.2) is 5.67 Å². The number of alkyl halides is 1. The van der Waals surface area contributed by atoms with E-state index < -0.39 is 5.67 Å². The second-order valence-electron chi connectivity index (χ2n) is 4.16. The van der Waals surface area contributed by atoms with E-state index in [1.54, 1.807) is 4.90 Å². The zero-order valence-electron chi connectivity index (χ0n) is 9.84. The average molecular weight is 229 g/mol. The first kappa shape index (κ1) is 13.1. The Balaban J connectivity index is 2.52. The van der Waals surface area contributed by atoms with Gasteiger partial charge in [0.05, 0.1) is 6.54 Å². The number of aliphatic imine (C=N–C) groups is 1. The van der Waals surface area contributed by atoms with Crippen LogP contribution in [0.2, 0.25) is 0 Å². The van der Waals surface area contributed by atoms with Crippen molar-refractivity contribution in [2.75, 3.05) is 33.2 Å². The summed E-state index contributed by atoms with van der Waals surface area (Å²) >= 11 is 0. The molecule has 0 aliphatic heterocycles. The molecule has 0 atom stereocenters. The van der Waals surface area contributed by atoms with E-state index in [1.807, 2.05) is 7.05 Å². The molecular weight excluding hydrogens is 209 g/mol. The first-order chi connectivity index (χ1) is 7.64. The molecule has 0 aromatic heterocycles. The molecular formula is C11H20FN3O. The molecule has 1 N–H and O–H groups in total. The van der Waals surface area contributed by atoms with Gasteiger partial charge in [0.25, 0.3) is 5.91 Å². The third-order valence-electron chi connectivity index (χ3n) is 2.98. The van der Waals surface area contributed by atoms with Gasteiger partial charge in [-0.25, -0.2) is 4.39 Å². The van der Waals surface area contributed by atoms with Crippen LogP contribution in [-0.2, 0) is 4.79 Å². The minimum atomic E-state index is -1.60. The molecule has 5 heteroatoms. The number of rotatable bonds is 7. The number of halogens is 1. The van der Waals surface area contributed by atoms with Crippen molar-refractivity contribution in [3.63, 3.8) is 0 Å². The van der Waals surface area contributed by atoms with Gasteiger partial charge in [0.1, 0.15) is 0 Å². The summed E-state index contributed by atoms with van der Waals surface area (Å²) in [5.74, 6) is -0.377. The molecule has 1 rings (SSSR count). The summed E-state index contributed by atoms with van der Waals surface area (Å²) in [6.07, 6.45) is 1.54. The number of amides is 1. The Kier molecular flexibility index (Phi) is 4.86. The molecule has 0 radical (unpaired) electrons. The molecule has 16 heavy (non-hydrogen) atoms. The zero-order chi connectivity index (χ0) is 12.0. The Bertz CT molecular complexity index is 254. The Morgan fingerprint density at radius 1 is 1.56 bits per heavy atom. The summed E-state index contributed by atoms with van der Waals surface area (Å²) in [6, 6.07) is 0. The Morgan fingerprint density at radius 3 is 2.69 bits per heavy atom. The van der Waals surface area contributed by atoms with Gasteiger partial charge in [0.2, 0.25) is 0 Å². The third-order valence-corrected chi connectivity index (χ3v) is 2.98. The largest absolute Gasteiger partial charge is 0.337 e. The van der Waals surface area contributed by atoms with Gasteiger partial charge in [-0.2, -0.15) is 0 Å². The second kappa shape index (κ2) is 5.94. The fraction of sp³-hybridized carbons (Fsp3) is 0.818. The molecule has 0 heterocycles. The molecule has 0 saturated heterocycles. The lowest BCUT2D eigenvalue weighted by molar-refractivity contribution is -0.149. The molecule has 92 valence electrons. The van der Waals surface area contributed by atoms with Gasteiger partial charge >= 0.3 is 0 Å². The molecule has 1 aliphatic carbocycles. The highest BCUT2D eigenvalue weighted by Crippen LogP contribution is 2.37. The summed E-state index contributed by atoms with van der Waals surface area (Å²) in [5.41, 5.74) is -1.60. The van der Waals surface area contributed by atoms with E-state index in [-0.39, 0.29) is 5.91 Å². The molecule has 1 aliphatic rings. The Morgan fingerprint density at radius 2 is 2.25 bits per heavy atom. The van der Waals surface area contributed by atoms with E-state index in [9.17, 15) is 9.18 Å². The van der Waals surface area contributed by atoms with Gasteiger partial charge in [-0.15, -0.1) is 0 Å². The highest BCUT2D eigenvalue weighted by molar-refractivity contribution is 5.86. The first-order valence-corrected chi connectivity index (χ1v) is 5.69. The predicted octanol–water partition coefficient (Wildman–Crippen LogP) is 0.627. The topological polar surface area (TPSA) is 44.7 Å². The van der Waals surface area contributed by atoms with Crippen molar-refractivity contribution < 1.29 is 9.18 Å². The number of likely N-dealkylation sites (N-methyl/N-ethyl adjacent to an activating group) is 1. The van der Waals surface area contributed by atoms with Crippen molar-refractivity contribution in [2.45, 2.75) is 24.9 Å². The first-order valence-electron chi connectivity index (χ1n) is 5.69. The van der Waals surface area contributed by atoms with E-state index in [0.717, 1.165) is 6.42 Å². The molecule has 1 amide bonds. The molecule has 0 aromatic rings. The number of hydrogen-bond donors (Lipinski definition) is 1. The fourth-order valence-corrected chi connectivity index (χ4v) is 1.74. The van der Waals surface area contributed by atoms with Crippen molar-refractivity contribution in [3.8, 4) is 0 Å². The number of carbonyl (C=O) groups is 1. The minimum absolute atomic E-state index is 0.364.